The minimum atomic E-state index is 0. The summed E-state index contributed by atoms with van der Waals surface area (Å²) in [7, 11) is 2.15. The summed E-state index contributed by atoms with van der Waals surface area (Å²) in [5.41, 5.74) is 9.64. The first-order valence-corrected chi connectivity index (χ1v) is 28.3. The van der Waals surface area contributed by atoms with E-state index < -0.39 is 0 Å². The topological polar surface area (TPSA) is 306 Å². The standard InChI is InChI=1S/C20H24N10.C18H20N10.C18H19N9.2CH4/c1-14(2)28-5-7-29(8-6-28)18-4-3-16(11-21-18)27-19-20-23-13-26-30(20)17(12-22-19)15-9-24-25-10-15;1-26-4-6-27(7-5-26)16-3-2-14(10-19-16)25-17-18-21-12-24-28(18)15(11-20-17)13-8-22-23-9-13;1-2-6-26(7-3-1)16-5-4-14(10-19-16)25-17-18-21-12-24-27(18)15(11-20-17)13-8-22-23-9-13;;/h3-4,9-14H,5-8H2,1-2H3,(H,22,27)(H,24,25);2-3,8-12H,4-7H2,1H3,(H,20,25)(H,22,23);4-5,8-12H,1-3,6-7H2,(H,20,25)(H,22,23);2*1H4. The fourth-order valence-electron chi connectivity index (χ4n) is 10.5. The van der Waals surface area contributed by atoms with Crippen LogP contribution in [0, 0.1) is 0 Å². The van der Waals surface area contributed by atoms with E-state index in [1.165, 1.54) is 38.2 Å². The zero-order valence-electron chi connectivity index (χ0n) is 47.2. The minimum absolute atomic E-state index is 0. The molecule has 0 saturated carbocycles. The summed E-state index contributed by atoms with van der Waals surface area (Å²) in [5.74, 6) is 4.90. The maximum Gasteiger partial charge on any atom is 0.199 e. The third-order valence-corrected chi connectivity index (χ3v) is 15.2. The Kier molecular flexibility index (Phi) is 17.8. The lowest BCUT2D eigenvalue weighted by Crippen LogP contribution is -2.49. The third-order valence-electron chi connectivity index (χ3n) is 15.2. The van der Waals surface area contributed by atoms with Gasteiger partial charge in [-0.3, -0.25) is 20.2 Å². The molecule has 3 fully saturated rings. The van der Waals surface area contributed by atoms with E-state index in [2.05, 4.69) is 158 Å². The van der Waals surface area contributed by atoms with E-state index in [4.69, 9.17) is 0 Å². The first-order valence-electron chi connectivity index (χ1n) is 28.3. The van der Waals surface area contributed by atoms with Crippen molar-refractivity contribution in [2.24, 2.45) is 0 Å². The molecule has 0 aromatic carbocycles. The van der Waals surface area contributed by atoms with Gasteiger partial charge in [-0.1, -0.05) is 14.9 Å². The molecular formula is C58H71N29. The summed E-state index contributed by atoms with van der Waals surface area (Å²) < 4.78 is 5.23. The predicted octanol–water partition coefficient (Wildman–Crippen LogP) is 7.50. The lowest BCUT2D eigenvalue weighted by atomic mass is 10.1. The van der Waals surface area contributed by atoms with Gasteiger partial charge >= 0.3 is 0 Å². The lowest BCUT2D eigenvalue weighted by Gasteiger charge is -2.37. The van der Waals surface area contributed by atoms with Gasteiger partial charge in [-0.05, 0) is 76.6 Å². The number of anilines is 9. The van der Waals surface area contributed by atoms with Gasteiger partial charge in [0.05, 0.1) is 89.9 Å². The number of piperazine rings is 2. The van der Waals surface area contributed by atoms with Crippen LogP contribution in [-0.2, 0) is 0 Å². The van der Waals surface area contributed by atoms with Crippen LogP contribution >= 0.6 is 0 Å². The Bertz CT molecular complexity index is 4040. The van der Waals surface area contributed by atoms with Crippen molar-refractivity contribution >= 4 is 68.9 Å². The molecule has 29 heteroatoms. The molecule has 12 aromatic rings. The maximum absolute atomic E-state index is 4.66. The number of likely N-dealkylation sites (N-methyl/N-ethyl adjacent to an activating group) is 1. The molecule has 6 N–H and O–H groups in total. The van der Waals surface area contributed by atoms with Crippen molar-refractivity contribution in [1.82, 2.24) is 114 Å². The quantitative estimate of drug-likeness (QED) is 0.0651. The average molecular weight is 1170 g/mol. The van der Waals surface area contributed by atoms with Crippen LogP contribution in [0.3, 0.4) is 0 Å². The van der Waals surface area contributed by atoms with Crippen molar-refractivity contribution in [2.75, 3.05) is 103 Å². The molecule has 29 nitrogen and oxygen atoms in total. The second-order valence-corrected chi connectivity index (χ2v) is 21.0. The SMILES string of the molecule is C.C.CC(C)N1CCN(c2ccc(Nc3ncc(-c4cn[nH]c4)n4ncnc34)cn2)CC1.CN1CCN(c2ccc(Nc3ncc(-c4cn[nH]c4)n4ncnc34)cn2)CC1.c1nc2c(Nc3ccc(N4CCCCC4)nc3)ncc(-c3cn[nH]c3)n2n1. The van der Waals surface area contributed by atoms with E-state index in [0.717, 1.165) is 134 Å². The minimum Gasteiger partial charge on any atom is -0.357 e. The number of nitrogens with zero attached hydrogens (tertiary/aromatic N) is 23. The van der Waals surface area contributed by atoms with Gasteiger partial charge < -0.3 is 35.6 Å². The zero-order chi connectivity index (χ0) is 57.5. The fourth-order valence-corrected chi connectivity index (χ4v) is 10.5. The Labute approximate surface area is 501 Å². The van der Waals surface area contributed by atoms with Crippen LogP contribution in [0.25, 0.3) is 50.7 Å². The van der Waals surface area contributed by atoms with Crippen LogP contribution in [0.1, 0.15) is 48.0 Å². The molecule has 0 bridgehead atoms. The van der Waals surface area contributed by atoms with Crippen molar-refractivity contribution in [3.8, 4) is 33.8 Å². The molecule has 0 spiro atoms. The second kappa shape index (κ2) is 26.6. The molecule has 0 aliphatic carbocycles. The summed E-state index contributed by atoms with van der Waals surface area (Å²) in [5, 5.41) is 43.2. The zero-order valence-corrected chi connectivity index (χ0v) is 47.2. The Hall–Kier alpha value is -10.6. The predicted molar refractivity (Wildman–Crippen MR) is 336 cm³/mol. The smallest absolute Gasteiger partial charge is 0.199 e. The Morgan fingerprint density at radius 3 is 1.07 bits per heavy atom. The molecule has 0 atom stereocenters. The number of H-pyrrole nitrogens is 3. The van der Waals surface area contributed by atoms with Gasteiger partial charge in [-0.15, -0.1) is 0 Å². The van der Waals surface area contributed by atoms with Crippen LogP contribution in [0.2, 0.25) is 0 Å². The van der Waals surface area contributed by atoms with Crippen molar-refractivity contribution in [3.05, 3.63) is 130 Å². The van der Waals surface area contributed by atoms with E-state index in [9.17, 15) is 0 Å². The normalized spacial score (nSPS) is 14.7. The molecule has 15 rings (SSSR count). The highest BCUT2D eigenvalue weighted by Crippen LogP contribution is 2.29. The molecule has 0 radical (unpaired) electrons. The number of pyridine rings is 3. The summed E-state index contributed by atoms with van der Waals surface area (Å²) in [6.07, 6.45) is 29.7. The molecule has 12 aromatic heterocycles. The summed E-state index contributed by atoms with van der Waals surface area (Å²) >= 11 is 0. The lowest BCUT2D eigenvalue weighted by molar-refractivity contribution is 0.209. The number of hydrogen-bond acceptors (Lipinski definition) is 23. The number of rotatable bonds is 13. The Morgan fingerprint density at radius 2 is 0.747 bits per heavy atom. The summed E-state index contributed by atoms with van der Waals surface area (Å²) in [4.78, 5) is 52.3. The van der Waals surface area contributed by atoms with Crippen molar-refractivity contribution in [2.45, 2.75) is 54.0 Å². The largest absolute Gasteiger partial charge is 0.357 e. The van der Waals surface area contributed by atoms with Crippen LogP contribution in [0.5, 0.6) is 0 Å². The maximum atomic E-state index is 4.66. The summed E-state index contributed by atoms with van der Waals surface area (Å²) in [6, 6.07) is 12.8. The Morgan fingerprint density at radius 1 is 0.391 bits per heavy atom. The van der Waals surface area contributed by atoms with Gasteiger partial charge in [0.15, 0.2) is 34.4 Å². The van der Waals surface area contributed by atoms with E-state index in [1.807, 2.05) is 48.9 Å². The molecule has 0 amide bonds. The highest BCUT2D eigenvalue weighted by atomic mass is 15.3. The van der Waals surface area contributed by atoms with E-state index in [-0.39, 0.29) is 14.9 Å². The van der Waals surface area contributed by atoms with Gasteiger partial charge in [0.25, 0.3) is 0 Å². The average Bonchev–Trinajstić information content (AvgIpc) is 2.99. The Balaban J connectivity index is 0.000000134. The number of aromatic amines is 3. The van der Waals surface area contributed by atoms with Gasteiger partial charge in [0, 0.05) is 107 Å². The monoisotopic (exact) mass is 1170 g/mol. The number of piperidine rings is 1. The highest BCUT2D eigenvalue weighted by Gasteiger charge is 2.22. The molecular weight excluding hydrogens is 1100 g/mol. The number of aromatic nitrogens is 21. The first kappa shape index (κ1) is 58.2. The molecule has 0 unspecified atom stereocenters. The molecule has 448 valence electrons. The van der Waals surface area contributed by atoms with Crippen LogP contribution in [0.4, 0.5) is 52.0 Å². The highest BCUT2D eigenvalue weighted by molar-refractivity contribution is 5.76. The van der Waals surface area contributed by atoms with Gasteiger partial charge in [-0.2, -0.15) is 30.6 Å². The van der Waals surface area contributed by atoms with E-state index in [1.54, 1.807) is 69.3 Å². The molecule has 15 heterocycles. The molecule has 3 aliphatic heterocycles. The molecule has 87 heavy (non-hydrogen) atoms. The van der Waals surface area contributed by atoms with Crippen LogP contribution in [0.15, 0.2) is 130 Å². The van der Waals surface area contributed by atoms with Gasteiger partial charge in [0.1, 0.15) is 36.4 Å². The van der Waals surface area contributed by atoms with Gasteiger partial charge in [0.2, 0.25) is 0 Å². The van der Waals surface area contributed by atoms with Crippen LogP contribution < -0.4 is 30.7 Å². The molecule has 3 aliphatic rings. The number of hydrogen-bond donors (Lipinski definition) is 6. The van der Waals surface area contributed by atoms with Crippen LogP contribution in [-0.4, -0.2) is 193 Å². The second-order valence-electron chi connectivity index (χ2n) is 21.0. The van der Waals surface area contributed by atoms with Crippen molar-refractivity contribution in [3.63, 3.8) is 0 Å². The summed E-state index contributed by atoms with van der Waals surface area (Å²) in [6.45, 7) is 14.9. The number of fused-ring (bicyclic) bond motifs is 3. The van der Waals surface area contributed by atoms with Gasteiger partial charge in [-0.25, -0.2) is 58.4 Å². The van der Waals surface area contributed by atoms with E-state index >= 15 is 0 Å². The van der Waals surface area contributed by atoms with Crippen molar-refractivity contribution < 1.29 is 0 Å². The van der Waals surface area contributed by atoms with E-state index in [0.29, 0.717) is 40.4 Å². The van der Waals surface area contributed by atoms with Crippen molar-refractivity contribution in [1.29, 1.82) is 0 Å². The fraction of sp³-hybridized carbons (Fsp3) is 0.328. The molecule has 3 saturated heterocycles. The third kappa shape index (κ3) is 12.9. The number of nitrogens with one attached hydrogen (secondary N) is 6. The first-order chi connectivity index (χ1) is 41.8.